The molecule has 0 atom stereocenters. The first-order valence-corrected chi connectivity index (χ1v) is 8.87. The first-order chi connectivity index (χ1) is 11.8. The Kier molecular flexibility index (Phi) is 4.83. The molecule has 3 rings (SSSR count). The van der Waals surface area contributed by atoms with Crippen molar-refractivity contribution in [2.24, 2.45) is 5.73 Å². The molecule has 8 heteroatoms. The molecule has 0 aliphatic heterocycles. The maximum atomic E-state index is 13.0. The molecule has 1 fully saturated rings. The van der Waals surface area contributed by atoms with Gasteiger partial charge in [-0.25, -0.2) is 4.98 Å². The Hall–Kier alpha value is -1.93. The minimum atomic E-state index is -4.41. The lowest BCUT2D eigenvalue weighted by atomic mass is 9.71. The zero-order valence-corrected chi connectivity index (χ0v) is 14.2. The molecule has 134 valence electrons. The lowest BCUT2D eigenvalue weighted by Crippen LogP contribution is -2.51. The van der Waals surface area contributed by atoms with Crippen LogP contribution in [0, 0.1) is 0 Å². The molecule has 1 aliphatic rings. The maximum Gasteiger partial charge on any atom is 0.416 e. The summed E-state index contributed by atoms with van der Waals surface area (Å²) in [6.07, 6.45) is -1.74. The topological polar surface area (TPSA) is 68.0 Å². The Labute approximate surface area is 147 Å². The second-order valence-electron chi connectivity index (χ2n) is 6.13. The van der Waals surface area contributed by atoms with Crippen molar-refractivity contribution in [2.75, 3.05) is 6.54 Å². The number of aromatic nitrogens is 1. The van der Waals surface area contributed by atoms with E-state index in [1.807, 2.05) is 0 Å². The highest BCUT2D eigenvalue weighted by Gasteiger charge is 2.42. The summed E-state index contributed by atoms with van der Waals surface area (Å²) >= 11 is 1.35. The third-order valence-corrected chi connectivity index (χ3v) is 5.35. The van der Waals surface area contributed by atoms with Gasteiger partial charge in [-0.1, -0.05) is 12.1 Å². The van der Waals surface area contributed by atoms with Gasteiger partial charge in [-0.2, -0.15) is 13.2 Å². The zero-order valence-electron chi connectivity index (χ0n) is 13.4. The number of carbonyl (C=O) groups excluding carboxylic acids is 1. The van der Waals surface area contributed by atoms with Crippen molar-refractivity contribution in [3.05, 3.63) is 51.5 Å². The van der Waals surface area contributed by atoms with E-state index in [4.69, 9.17) is 5.73 Å². The van der Waals surface area contributed by atoms with Crippen LogP contribution < -0.4 is 11.1 Å². The number of rotatable bonds is 5. The molecule has 0 unspecified atom stereocenters. The summed E-state index contributed by atoms with van der Waals surface area (Å²) in [6.45, 7) is 0.447. The molecule has 0 radical (unpaired) electrons. The first kappa shape index (κ1) is 17.9. The van der Waals surface area contributed by atoms with Crippen LogP contribution in [0.5, 0.6) is 0 Å². The summed E-state index contributed by atoms with van der Waals surface area (Å²) in [7, 11) is 0. The van der Waals surface area contributed by atoms with E-state index in [0.29, 0.717) is 31.4 Å². The summed E-state index contributed by atoms with van der Waals surface area (Å²) in [5.41, 5.74) is 4.79. The molecule has 0 saturated heterocycles. The van der Waals surface area contributed by atoms with Crippen molar-refractivity contribution in [1.82, 2.24) is 10.3 Å². The molecule has 1 aromatic carbocycles. The van der Waals surface area contributed by atoms with Crippen molar-refractivity contribution in [3.63, 3.8) is 0 Å². The summed E-state index contributed by atoms with van der Waals surface area (Å²) < 4.78 is 38.9. The number of amides is 1. The molecule has 25 heavy (non-hydrogen) atoms. The van der Waals surface area contributed by atoms with Crippen LogP contribution in [0.2, 0.25) is 0 Å². The van der Waals surface area contributed by atoms with Crippen molar-refractivity contribution in [1.29, 1.82) is 0 Å². The van der Waals surface area contributed by atoms with Crippen molar-refractivity contribution < 1.29 is 18.0 Å². The standard InChI is InChI=1S/C17H18F3N3OS/c18-17(19,20)12-4-1-3-11(9-12)16(6-2-7-16)23-15(24)13-10-25-14(22-13)5-8-21/h1,3-4,9-10H,2,5-8,21H2,(H,23,24). The van der Waals surface area contributed by atoms with E-state index in [1.54, 1.807) is 11.4 Å². The Morgan fingerprint density at radius 2 is 2.12 bits per heavy atom. The number of nitrogens with two attached hydrogens (primary N) is 1. The molecule has 1 aliphatic carbocycles. The van der Waals surface area contributed by atoms with Gasteiger partial charge in [0.25, 0.3) is 5.91 Å². The van der Waals surface area contributed by atoms with Gasteiger partial charge in [0.1, 0.15) is 5.69 Å². The van der Waals surface area contributed by atoms with E-state index in [-0.39, 0.29) is 11.6 Å². The fourth-order valence-electron chi connectivity index (χ4n) is 2.94. The summed E-state index contributed by atoms with van der Waals surface area (Å²) in [5.74, 6) is -0.364. The van der Waals surface area contributed by atoms with Gasteiger partial charge < -0.3 is 11.1 Å². The predicted molar refractivity (Wildman–Crippen MR) is 89.3 cm³/mol. The molecular formula is C17H18F3N3OS. The Morgan fingerprint density at radius 1 is 1.36 bits per heavy atom. The maximum absolute atomic E-state index is 13.0. The largest absolute Gasteiger partial charge is 0.416 e. The number of halogens is 3. The number of hydrogen-bond acceptors (Lipinski definition) is 4. The van der Waals surface area contributed by atoms with E-state index in [2.05, 4.69) is 10.3 Å². The van der Waals surface area contributed by atoms with Gasteiger partial charge >= 0.3 is 6.18 Å². The number of carbonyl (C=O) groups is 1. The van der Waals surface area contributed by atoms with E-state index >= 15 is 0 Å². The molecule has 1 saturated carbocycles. The van der Waals surface area contributed by atoms with Crippen molar-refractivity contribution in [2.45, 2.75) is 37.4 Å². The molecule has 4 nitrogen and oxygen atoms in total. The van der Waals surface area contributed by atoms with Gasteiger partial charge in [-0.15, -0.1) is 11.3 Å². The van der Waals surface area contributed by atoms with Gasteiger partial charge in [0.05, 0.1) is 16.1 Å². The highest BCUT2D eigenvalue weighted by molar-refractivity contribution is 7.09. The highest BCUT2D eigenvalue weighted by Crippen LogP contribution is 2.43. The number of thiazole rings is 1. The molecule has 2 aromatic rings. The molecule has 3 N–H and O–H groups in total. The van der Waals surface area contributed by atoms with Crippen LogP contribution in [-0.4, -0.2) is 17.4 Å². The SMILES string of the molecule is NCCc1nc(C(=O)NC2(c3cccc(C(F)(F)F)c3)CCC2)cs1. The van der Waals surface area contributed by atoms with Gasteiger partial charge in [-0.05, 0) is 43.5 Å². The van der Waals surface area contributed by atoms with Gasteiger partial charge in [0.15, 0.2) is 0 Å². The molecular weight excluding hydrogens is 351 g/mol. The van der Waals surface area contributed by atoms with Crippen molar-refractivity contribution >= 4 is 17.2 Å². The fraction of sp³-hybridized carbons (Fsp3) is 0.412. The Morgan fingerprint density at radius 3 is 2.72 bits per heavy atom. The normalized spacial score (nSPS) is 16.3. The number of hydrogen-bond donors (Lipinski definition) is 2. The van der Waals surface area contributed by atoms with Gasteiger partial charge in [0.2, 0.25) is 0 Å². The lowest BCUT2D eigenvalue weighted by molar-refractivity contribution is -0.137. The zero-order chi connectivity index (χ0) is 18.1. The van der Waals surface area contributed by atoms with Gasteiger partial charge in [-0.3, -0.25) is 4.79 Å². The second kappa shape index (κ2) is 6.76. The average Bonchev–Trinajstić information content (AvgIpc) is 2.99. The van der Waals surface area contributed by atoms with Crippen LogP contribution in [-0.2, 0) is 18.1 Å². The minimum Gasteiger partial charge on any atom is -0.341 e. The van der Waals surface area contributed by atoms with E-state index in [1.165, 1.54) is 17.4 Å². The fourth-order valence-corrected chi connectivity index (χ4v) is 3.74. The quantitative estimate of drug-likeness (QED) is 0.848. The summed E-state index contributed by atoms with van der Waals surface area (Å²) in [5, 5.41) is 5.33. The van der Waals surface area contributed by atoms with Crippen LogP contribution in [0.4, 0.5) is 13.2 Å². The number of benzene rings is 1. The van der Waals surface area contributed by atoms with E-state index in [0.717, 1.165) is 23.6 Å². The Bertz CT molecular complexity index is 768. The van der Waals surface area contributed by atoms with E-state index in [9.17, 15) is 18.0 Å². The number of nitrogens with one attached hydrogen (secondary N) is 1. The molecule has 0 spiro atoms. The smallest absolute Gasteiger partial charge is 0.341 e. The summed E-state index contributed by atoms with van der Waals surface area (Å²) in [4.78, 5) is 16.7. The monoisotopic (exact) mass is 369 g/mol. The minimum absolute atomic E-state index is 0.284. The number of nitrogens with zero attached hydrogens (tertiary/aromatic N) is 1. The first-order valence-electron chi connectivity index (χ1n) is 7.99. The highest BCUT2D eigenvalue weighted by atomic mass is 32.1. The van der Waals surface area contributed by atoms with Gasteiger partial charge in [0, 0.05) is 11.8 Å². The molecule has 1 heterocycles. The second-order valence-corrected chi connectivity index (χ2v) is 7.08. The van der Waals surface area contributed by atoms with Crippen molar-refractivity contribution in [3.8, 4) is 0 Å². The number of alkyl halides is 3. The third kappa shape index (κ3) is 3.69. The third-order valence-electron chi connectivity index (χ3n) is 4.44. The summed E-state index contributed by atoms with van der Waals surface area (Å²) in [6, 6.07) is 5.18. The van der Waals surface area contributed by atoms with Crippen LogP contribution in [0.1, 0.15) is 45.9 Å². The molecule has 0 bridgehead atoms. The lowest BCUT2D eigenvalue weighted by Gasteiger charge is -2.43. The van der Waals surface area contributed by atoms with Crippen LogP contribution in [0.3, 0.4) is 0 Å². The van der Waals surface area contributed by atoms with Crippen LogP contribution in [0.25, 0.3) is 0 Å². The predicted octanol–water partition coefficient (Wildman–Crippen LogP) is 3.47. The van der Waals surface area contributed by atoms with Crippen LogP contribution >= 0.6 is 11.3 Å². The van der Waals surface area contributed by atoms with E-state index < -0.39 is 17.3 Å². The average molecular weight is 369 g/mol. The molecule has 1 amide bonds. The molecule has 1 aromatic heterocycles. The Balaban J connectivity index is 1.82. The van der Waals surface area contributed by atoms with Crippen LogP contribution in [0.15, 0.2) is 29.6 Å².